The summed E-state index contributed by atoms with van der Waals surface area (Å²) in [6.45, 7) is 1.48. The number of hydrogen-bond donors (Lipinski definition) is 2. The fraction of sp³-hybridized carbons (Fsp3) is 0.167. The first-order chi connectivity index (χ1) is 12.3. The average Bonchev–Trinajstić information content (AvgIpc) is 2.60. The van der Waals surface area contributed by atoms with Crippen LogP contribution in [0, 0.1) is 0 Å². The van der Waals surface area contributed by atoms with E-state index in [4.69, 9.17) is 17.0 Å². The van der Waals surface area contributed by atoms with Crippen LogP contribution in [0.4, 0.5) is 11.4 Å². The highest BCUT2D eigenvalue weighted by molar-refractivity contribution is 9.10. The molecule has 0 aliphatic heterocycles. The molecule has 2 aromatic carbocycles. The van der Waals surface area contributed by atoms with Gasteiger partial charge in [-0.05, 0) is 64.5 Å². The third kappa shape index (κ3) is 5.03. The molecular formula is C18H18BrN3O3S. The number of thiocarbonyl (C=S) groups is 1. The summed E-state index contributed by atoms with van der Waals surface area (Å²) < 4.78 is 5.82. The Labute approximate surface area is 165 Å². The molecular weight excluding hydrogens is 418 g/mol. The predicted molar refractivity (Wildman–Crippen MR) is 110 cm³/mol. The first kappa shape index (κ1) is 19.9. The molecule has 0 aromatic heterocycles. The van der Waals surface area contributed by atoms with Crippen molar-refractivity contribution >= 4 is 56.4 Å². The van der Waals surface area contributed by atoms with Crippen LogP contribution in [-0.4, -0.2) is 31.1 Å². The van der Waals surface area contributed by atoms with Crippen LogP contribution in [0.2, 0.25) is 0 Å². The summed E-state index contributed by atoms with van der Waals surface area (Å²) in [5, 5.41) is 5.72. The van der Waals surface area contributed by atoms with E-state index >= 15 is 0 Å². The maximum atomic E-state index is 12.3. The molecule has 0 fully saturated rings. The van der Waals surface area contributed by atoms with Crippen molar-refractivity contribution in [3.8, 4) is 5.75 Å². The minimum Gasteiger partial charge on any atom is -0.496 e. The lowest BCUT2D eigenvalue weighted by Gasteiger charge is -2.16. The van der Waals surface area contributed by atoms with Crippen LogP contribution in [-0.2, 0) is 4.79 Å². The maximum absolute atomic E-state index is 12.3. The lowest BCUT2D eigenvalue weighted by molar-refractivity contribution is -0.116. The molecule has 8 heteroatoms. The first-order valence-electron chi connectivity index (χ1n) is 7.62. The van der Waals surface area contributed by atoms with Gasteiger partial charge in [0.25, 0.3) is 5.91 Å². The summed E-state index contributed by atoms with van der Waals surface area (Å²) >= 11 is 8.54. The Kier molecular flexibility index (Phi) is 6.70. The van der Waals surface area contributed by atoms with Gasteiger partial charge < -0.3 is 15.0 Å². The molecule has 0 saturated carbocycles. The average molecular weight is 436 g/mol. The van der Waals surface area contributed by atoms with Gasteiger partial charge in [-0.1, -0.05) is 6.07 Å². The summed E-state index contributed by atoms with van der Waals surface area (Å²) in [5.41, 5.74) is 1.82. The van der Waals surface area contributed by atoms with Crippen molar-refractivity contribution < 1.29 is 14.3 Å². The number of methoxy groups -OCH3 is 1. The molecule has 2 rings (SSSR count). The van der Waals surface area contributed by atoms with Crippen LogP contribution in [0.5, 0.6) is 5.75 Å². The lowest BCUT2D eigenvalue weighted by Crippen LogP contribution is -2.34. The summed E-state index contributed by atoms with van der Waals surface area (Å²) in [5.74, 6) is 0.208. The second-order valence-electron chi connectivity index (χ2n) is 5.39. The quantitative estimate of drug-likeness (QED) is 0.718. The normalized spacial score (nSPS) is 10.0. The second-order valence-corrected chi connectivity index (χ2v) is 6.65. The van der Waals surface area contributed by atoms with Crippen molar-refractivity contribution in [2.75, 3.05) is 24.4 Å². The molecule has 0 atom stereocenters. The van der Waals surface area contributed by atoms with Crippen molar-refractivity contribution in [1.82, 2.24) is 5.32 Å². The minimum absolute atomic E-state index is 0.0805. The fourth-order valence-electron chi connectivity index (χ4n) is 2.12. The van der Waals surface area contributed by atoms with Crippen LogP contribution in [0.3, 0.4) is 0 Å². The van der Waals surface area contributed by atoms with E-state index in [-0.39, 0.29) is 16.9 Å². The Balaban J connectivity index is 2.04. The Bertz CT molecular complexity index is 857. The maximum Gasteiger partial charge on any atom is 0.257 e. The van der Waals surface area contributed by atoms with Gasteiger partial charge in [-0.15, -0.1) is 0 Å². The number of carbonyl (C=O) groups is 2. The third-order valence-electron chi connectivity index (χ3n) is 3.60. The number of rotatable bonds is 4. The SMILES string of the molecule is COc1ccc(C(=O)NC(=S)Nc2cccc(N(C)C(C)=O)c2)cc1Br. The molecule has 0 spiro atoms. The fourth-order valence-corrected chi connectivity index (χ4v) is 2.87. The van der Waals surface area contributed by atoms with E-state index in [2.05, 4.69) is 26.6 Å². The first-order valence-corrected chi connectivity index (χ1v) is 8.82. The number of carbonyl (C=O) groups excluding carboxylic acids is 2. The number of amides is 2. The molecule has 6 nitrogen and oxygen atoms in total. The van der Waals surface area contributed by atoms with E-state index in [1.807, 2.05) is 6.07 Å². The number of halogens is 1. The number of benzene rings is 2. The Hall–Kier alpha value is -2.45. The van der Waals surface area contributed by atoms with E-state index < -0.39 is 0 Å². The summed E-state index contributed by atoms with van der Waals surface area (Å²) in [4.78, 5) is 25.3. The van der Waals surface area contributed by atoms with Gasteiger partial charge >= 0.3 is 0 Å². The Morgan fingerprint density at radius 1 is 1.19 bits per heavy atom. The van der Waals surface area contributed by atoms with Crippen LogP contribution in [0.15, 0.2) is 46.9 Å². The third-order valence-corrected chi connectivity index (χ3v) is 4.43. The van der Waals surface area contributed by atoms with E-state index in [9.17, 15) is 9.59 Å². The van der Waals surface area contributed by atoms with E-state index in [1.54, 1.807) is 50.6 Å². The van der Waals surface area contributed by atoms with Crippen molar-refractivity contribution in [1.29, 1.82) is 0 Å². The number of ether oxygens (including phenoxy) is 1. The molecule has 0 saturated heterocycles. The molecule has 0 aliphatic carbocycles. The predicted octanol–water partition coefficient (Wildman–Crippen LogP) is 3.57. The summed E-state index contributed by atoms with van der Waals surface area (Å²) in [7, 11) is 3.24. The highest BCUT2D eigenvalue weighted by Crippen LogP contribution is 2.25. The minimum atomic E-state index is -0.345. The summed E-state index contributed by atoms with van der Waals surface area (Å²) in [6, 6.07) is 12.1. The van der Waals surface area contributed by atoms with Crippen molar-refractivity contribution in [2.24, 2.45) is 0 Å². The number of hydrogen-bond acceptors (Lipinski definition) is 4. The van der Waals surface area contributed by atoms with Gasteiger partial charge in [0.15, 0.2) is 5.11 Å². The Morgan fingerprint density at radius 3 is 2.54 bits per heavy atom. The standard InChI is InChI=1S/C18H18BrN3O3S/c1-11(23)22(2)14-6-4-5-13(10-14)20-18(26)21-17(24)12-7-8-16(25-3)15(19)9-12/h4-10H,1-3H3,(H2,20,21,24,26). The van der Waals surface area contributed by atoms with Crippen LogP contribution in [0.25, 0.3) is 0 Å². The molecule has 26 heavy (non-hydrogen) atoms. The molecule has 0 radical (unpaired) electrons. The second kappa shape index (κ2) is 8.77. The van der Waals surface area contributed by atoms with Gasteiger partial charge in [-0.2, -0.15) is 0 Å². The number of anilines is 2. The topological polar surface area (TPSA) is 70.7 Å². The zero-order chi connectivity index (χ0) is 19.3. The molecule has 0 aliphatic rings. The van der Waals surface area contributed by atoms with Gasteiger partial charge in [-0.3, -0.25) is 14.9 Å². The smallest absolute Gasteiger partial charge is 0.257 e. The van der Waals surface area contributed by atoms with Crippen molar-refractivity contribution in [3.63, 3.8) is 0 Å². The molecule has 2 aromatic rings. The van der Waals surface area contributed by atoms with Crippen LogP contribution < -0.4 is 20.3 Å². The van der Waals surface area contributed by atoms with E-state index in [0.717, 1.165) is 5.69 Å². The van der Waals surface area contributed by atoms with Gasteiger partial charge in [0, 0.05) is 30.9 Å². The highest BCUT2D eigenvalue weighted by atomic mass is 79.9. The van der Waals surface area contributed by atoms with E-state index in [0.29, 0.717) is 21.5 Å². The molecule has 136 valence electrons. The van der Waals surface area contributed by atoms with Gasteiger partial charge in [0.2, 0.25) is 5.91 Å². The molecule has 0 unspecified atom stereocenters. The summed E-state index contributed by atoms with van der Waals surface area (Å²) in [6.07, 6.45) is 0. The molecule has 0 heterocycles. The number of nitrogens with one attached hydrogen (secondary N) is 2. The van der Waals surface area contributed by atoms with Crippen molar-refractivity contribution in [2.45, 2.75) is 6.92 Å². The monoisotopic (exact) mass is 435 g/mol. The van der Waals surface area contributed by atoms with Gasteiger partial charge in [-0.25, -0.2) is 0 Å². The van der Waals surface area contributed by atoms with Crippen LogP contribution in [0.1, 0.15) is 17.3 Å². The lowest BCUT2D eigenvalue weighted by atomic mass is 10.2. The highest BCUT2D eigenvalue weighted by Gasteiger charge is 2.11. The van der Waals surface area contributed by atoms with E-state index in [1.165, 1.54) is 11.8 Å². The molecule has 2 amide bonds. The zero-order valence-corrected chi connectivity index (χ0v) is 16.9. The zero-order valence-electron chi connectivity index (χ0n) is 14.5. The van der Waals surface area contributed by atoms with Gasteiger partial charge in [0.1, 0.15) is 5.75 Å². The molecule has 2 N–H and O–H groups in total. The Morgan fingerprint density at radius 2 is 1.92 bits per heavy atom. The van der Waals surface area contributed by atoms with Crippen LogP contribution >= 0.6 is 28.1 Å². The largest absolute Gasteiger partial charge is 0.496 e. The van der Waals surface area contributed by atoms with Gasteiger partial charge in [0.05, 0.1) is 11.6 Å². The molecule has 0 bridgehead atoms. The van der Waals surface area contributed by atoms with Crippen molar-refractivity contribution in [3.05, 3.63) is 52.5 Å². The number of nitrogens with zero attached hydrogens (tertiary/aromatic N) is 1.